The highest BCUT2D eigenvalue weighted by molar-refractivity contribution is 7.89. The molecular formula is C25H34N2O5S. The first kappa shape index (κ1) is 25.2. The SMILES string of the molecule is CCOC(=O)c1c(C)c(C(=O)CN(C2CCCCC2)S(=O)(=O)c2ccc(C)cc2)c(C)n1C. The number of aryl methyl sites for hydroxylation is 1. The average Bonchev–Trinajstić information content (AvgIpc) is 3.01. The number of nitrogens with zero attached hydrogens (tertiary/aromatic N) is 2. The molecule has 0 radical (unpaired) electrons. The fourth-order valence-electron chi connectivity index (χ4n) is 4.72. The van der Waals surface area contributed by atoms with Crippen molar-refractivity contribution in [3.05, 3.63) is 52.3 Å². The highest BCUT2D eigenvalue weighted by Gasteiger charge is 2.35. The summed E-state index contributed by atoms with van der Waals surface area (Å²) in [4.78, 5) is 26.2. The smallest absolute Gasteiger partial charge is 0.355 e. The molecule has 1 heterocycles. The van der Waals surface area contributed by atoms with E-state index in [-0.39, 0.29) is 29.9 Å². The van der Waals surface area contributed by atoms with Crippen LogP contribution >= 0.6 is 0 Å². The van der Waals surface area contributed by atoms with Crippen LogP contribution in [0, 0.1) is 20.8 Å². The number of Topliss-reactive ketones (excluding diaryl/α,β-unsaturated/α-hetero) is 1. The van der Waals surface area contributed by atoms with Crippen molar-refractivity contribution in [2.75, 3.05) is 13.2 Å². The monoisotopic (exact) mass is 474 g/mol. The van der Waals surface area contributed by atoms with Crippen LogP contribution in [-0.4, -0.2) is 48.2 Å². The molecule has 0 saturated heterocycles. The van der Waals surface area contributed by atoms with E-state index in [1.54, 1.807) is 56.7 Å². The Kier molecular flexibility index (Phi) is 7.80. The molecule has 0 N–H and O–H groups in total. The van der Waals surface area contributed by atoms with Gasteiger partial charge in [0.25, 0.3) is 0 Å². The molecular weight excluding hydrogens is 440 g/mol. The third-order valence-corrected chi connectivity index (χ3v) is 8.50. The van der Waals surface area contributed by atoms with Crippen molar-refractivity contribution in [1.29, 1.82) is 0 Å². The van der Waals surface area contributed by atoms with Gasteiger partial charge in [0.2, 0.25) is 10.0 Å². The predicted octanol–water partition coefficient (Wildman–Crippen LogP) is 4.33. The number of carbonyl (C=O) groups excluding carboxylic acids is 2. The van der Waals surface area contributed by atoms with Gasteiger partial charge in [-0.1, -0.05) is 37.0 Å². The summed E-state index contributed by atoms with van der Waals surface area (Å²) >= 11 is 0. The van der Waals surface area contributed by atoms with E-state index >= 15 is 0 Å². The molecule has 0 amide bonds. The van der Waals surface area contributed by atoms with Gasteiger partial charge >= 0.3 is 5.97 Å². The van der Waals surface area contributed by atoms with Crippen LogP contribution in [0.4, 0.5) is 0 Å². The second-order valence-electron chi connectivity index (χ2n) is 8.79. The minimum absolute atomic E-state index is 0.195. The number of ether oxygens (including phenoxy) is 1. The van der Waals surface area contributed by atoms with Crippen LogP contribution in [0.25, 0.3) is 0 Å². The van der Waals surface area contributed by atoms with Crippen LogP contribution in [0.3, 0.4) is 0 Å². The Balaban J connectivity index is 2.00. The summed E-state index contributed by atoms with van der Waals surface area (Å²) in [5.41, 5.74) is 2.83. The second kappa shape index (κ2) is 10.2. The fourth-order valence-corrected chi connectivity index (χ4v) is 6.36. The molecule has 1 saturated carbocycles. The molecule has 0 atom stereocenters. The lowest BCUT2D eigenvalue weighted by Gasteiger charge is -2.33. The first-order chi connectivity index (χ1) is 15.6. The van der Waals surface area contributed by atoms with Gasteiger partial charge in [0.1, 0.15) is 5.69 Å². The minimum atomic E-state index is -3.86. The van der Waals surface area contributed by atoms with Gasteiger partial charge in [-0.2, -0.15) is 4.31 Å². The van der Waals surface area contributed by atoms with Crippen molar-refractivity contribution < 1.29 is 22.7 Å². The van der Waals surface area contributed by atoms with Crippen molar-refractivity contribution >= 4 is 21.8 Å². The molecule has 33 heavy (non-hydrogen) atoms. The summed E-state index contributed by atoms with van der Waals surface area (Å²) < 4.78 is 35.5. The second-order valence-corrected chi connectivity index (χ2v) is 10.7. The van der Waals surface area contributed by atoms with Crippen LogP contribution < -0.4 is 0 Å². The number of hydrogen-bond acceptors (Lipinski definition) is 5. The highest BCUT2D eigenvalue weighted by atomic mass is 32.2. The Labute approximate surface area is 196 Å². The third-order valence-electron chi connectivity index (χ3n) is 6.59. The molecule has 8 heteroatoms. The van der Waals surface area contributed by atoms with Crippen molar-refractivity contribution in [3.63, 3.8) is 0 Å². The molecule has 1 fully saturated rings. The van der Waals surface area contributed by atoms with Crippen LogP contribution in [0.15, 0.2) is 29.2 Å². The van der Waals surface area contributed by atoms with Crippen molar-refractivity contribution in [1.82, 2.24) is 8.87 Å². The summed E-state index contributed by atoms with van der Waals surface area (Å²) in [6.45, 7) is 7.09. The molecule has 0 unspecified atom stereocenters. The molecule has 1 aromatic heterocycles. The number of carbonyl (C=O) groups is 2. The highest BCUT2D eigenvalue weighted by Crippen LogP contribution is 2.30. The third kappa shape index (κ3) is 5.06. The molecule has 2 aromatic rings. The van der Waals surface area contributed by atoms with E-state index in [1.807, 2.05) is 6.92 Å². The van der Waals surface area contributed by atoms with E-state index in [9.17, 15) is 18.0 Å². The fraction of sp³-hybridized carbons (Fsp3) is 0.520. The van der Waals surface area contributed by atoms with Crippen molar-refractivity contribution in [3.8, 4) is 0 Å². The van der Waals surface area contributed by atoms with E-state index < -0.39 is 16.0 Å². The molecule has 0 bridgehead atoms. The van der Waals surface area contributed by atoms with Gasteiger partial charge in [-0.15, -0.1) is 0 Å². The molecule has 1 aliphatic rings. The summed E-state index contributed by atoms with van der Waals surface area (Å²) in [5.74, 6) is -0.798. The van der Waals surface area contributed by atoms with E-state index in [0.29, 0.717) is 22.5 Å². The lowest BCUT2D eigenvalue weighted by molar-refractivity contribution is 0.0514. The Bertz CT molecular complexity index is 1130. The minimum Gasteiger partial charge on any atom is -0.461 e. The molecule has 1 aliphatic carbocycles. The lowest BCUT2D eigenvalue weighted by Crippen LogP contribution is -2.44. The quantitative estimate of drug-likeness (QED) is 0.420. The van der Waals surface area contributed by atoms with Crippen molar-refractivity contribution in [2.45, 2.75) is 70.7 Å². The van der Waals surface area contributed by atoms with Crippen LogP contribution in [0.1, 0.15) is 76.7 Å². The molecule has 3 rings (SSSR count). The number of aromatic nitrogens is 1. The van der Waals surface area contributed by atoms with E-state index in [0.717, 1.165) is 37.7 Å². The maximum Gasteiger partial charge on any atom is 0.355 e. The molecule has 0 aliphatic heterocycles. The number of benzene rings is 1. The van der Waals surface area contributed by atoms with Gasteiger partial charge in [-0.25, -0.2) is 13.2 Å². The first-order valence-electron chi connectivity index (χ1n) is 11.5. The Morgan fingerprint density at radius 3 is 2.24 bits per heavy atom. The summed E-state index contributed by atoms with van der Waals surface area (Å²) in [6.07, 6.45) is 4.42. The van der Waals surface area contributed by atoms with E-state index in [1.165, 1.54) is 4.31 Å². The lowest BCUT2D eigenvalue weighted by atomic mass is 9.95. The van der Waals surface area contributed by atoms with Crippen LogP contribution in [-0.2, 0) is 21.8 Å². The van der Waals surface area contributed by atoms with Gasteiger partial charge in [0.15, 0.2) is 5.78 Å². The summed E-state index contributed by atoms with van der Waals surface area (Å²) in [6, 6.07) is 6.52. The molecule has 0 spiro atoms. The van der Waals surface area contributed by atoms with Gasteiger partial charge in [0.05, 0.1) is 18.0 Å². The van der Waals surface area contributed by atoms with E-state index in [2.05, 4.69) is 0 Å². The zero-order chi connectivity index (χ0) is 24.3. The summed E-state index contributed by atoms with van der Waals surface area (Å²) in [7, 11) is -2.14. The maximum atomic E-state index is 13.6. The number of rotatable bonds is 8. The number of ketones is 1. The summed E-state index contributed by atoms with van der Waals surface area (Å²) in [5, 5.41) is 0. The Morgan fingerprint density at radius 1 is 1.06 bits per heavy atom. The van der Waals surface area contributed by atoms with Gasteiger partial charge in [-0.05, 0) is 58.2 Å². The number of esters is 1. The average molecular weight is 475 g/mol. The van der Waals surface area contributed by atoms with Crippen LogP contribution in [0.5, 0.6) is 0 Å². The Hall–Kier alpha value is -2.45. The van der Waals surface area contributed by atoms with Gasteiger partial charge in [-0.3, -0.25) is 4.79 Å². The number of sulfonamides is 1. The molecule has 180 valence electrons. The van der Waals surface area contributed by atoms with Gasteiger partial charge in [0, 0.05) is 24.3 Å². The topological polar surface area (TPSA) is 85.7 Å². The zero-order valence-corrected chi connectivity index (χ0v) is 21.0. The maximum absolute atomic E-state index is 13.6. The standard InChI is InChI=1S/C25H34N2O5S/c1-6-32-25(29)24-18(3)23(19(4)26(24)5)22(28)16-27(20-10-8-7-9-11-20)33(30,31)21-14-12-17(2)13-15-21/h12-15,20H,6-11,16H2,1-5H3. The van der Waals surface area contributed by atoms with Gasteiger partial charge < -0.3 is 9.30 Å². The zero-order valence-electron chi connectivity index (χ0n) is 20.2. The van der Waals surface area contributed by atoms with E-state index in [4.69, 9.17) is 4.74 Å². The number of hydrogen-bond donors (Lipinski definition) is 0. The normalized spacial score (nSPS) is 15.1. The largest absolute Gasteiger partial charge is 0.461 e. The predicted molar refractivity (Wildman–Crippen MR) is 127 cm³/mol. The van der Waals surface area contributed by atoms with Crippen LogP contribution in [0.2, 0.25) is 0 Å². The first-order valence-corrected chi connectivity index (χ1v) is 13.0. The molecule has 7 nitrogen and oxygen atoms in total. The van der Waals surface area contributed by atoms with Crippen molar-refractivity contribution in [2.24, 2.45) is 7.05 Å². The molecule has 1 aromatic carbocycles. The Morgan fingerprint density at radius 2 is 1.67 bits per heavy atom.